The van der Waals surface area contributed by atoms with E-state index in [2.05, 4.69) is 10.2 Å². The molecule has 25 heavy (non-hydrogen) atoms. The average Bonchev–Trinajstić information content (AvgIpc) is 2.59. The fourth-order valence-electron chi connectivity index (χ4n) is 2.98. The lowest BCUT2D eigenvalue weighted by Crippen LogP contribution is -2.41. The predicted octanol–water partition coefficient (Wildman–Crippen LogP) is 3.32. The van der Waals surface area contributed by atoms with Gasteiger partial charge in [-0.15, -0.1) is 0 Å². The SMILES string of the molecule is CCNC(=O)C1CCN(CCCOc2cccc(C(F)(F)F)c2)CC1. The van der Waals surface area contributed by atoms with Gasteiger partial charge in [0.15, 0.2) is 0 Å². The molecule has 0 unspecified atom stereocenters. The zero-order valence-corrected chi connectivity index (χ0v) is 14.4. The van der Waals surface area contributed by atoms with E-state index < -0.39 is 11.7 Å². The van der Waals surface area contributed by atoms with Crippen LogP contribution in [0.5, 0.6) is 5.75 Å². The van der Waals surface area contributed by atoms with Crippen LogP contribution in [0.25, 0.3) is 0 Å². The minimum absolute atomic E-state index is 0.0950. The van der Waals surface area contributed by atoms with E-state index in [0.717, 1.165) is 51.0 Å². The summed E-state index contributed by atoms with van der Waals surface area (Å²) in [4.78, 5) is 14.1. The van der Waals surface area contributed by atoms with E-state index in [1.54, 1.807) is 0 Å². The van der Waals surface area contributed by atoms with Crippen LogP contribution in [0.1, 0.15) is 31.7 Å². The molecule has 1 aromatic carbocycles. The van der Waals surface area contributed by atoms with E-state index in [1.165, 1.54) is 12.1 Å². The molecule has 0 aromatic heterocycles. The molecule has 0 bridgehead atoms. The van der Waals surface area contributed by atoms with Crippen molar-refractivity contribution in [3.8, 4) is 5.75 Å². The Balaban J connectivity index is 1.67. The van der Waals surface area contributed by atoms with Crippen LogP contribution in [-0.4, -0.2) is 43.6 Å². The number of hydrogen-bond acceptors (Lipinski definition) is 3. The molecule has 0 spiro atoms. The van der Waals surface area contributed by atoms with Crippen LogP contribution in [-0.2, 0) is 11.0 Å². The molecule has 0 saturated carbocycles. The van der Waals surface area contributed by atoms with Gasteiger partial charge in [-0.05, 0) is 57.5 Å². The quantitative estimate of drug-likeness (QED) is 0.761. The van der Waals surface area contributed by atoms with Crippen molar-refractivity contribution < 1.29 is 22.7 Å². The molecule has 1 aromatic rings. The van der Waals surface area contributed by atoms with E-state index >= 15 is 0 Å². The third-order valence-corrected chi connectivity index (χ3v) is 4.36. The maximum absolute atomic E-state index is 12.6. The second-order valence-electron chi connectivity index (χ2n) is 6.24. The zero-order chi connectivity index (χ0) is 18.3. The van der Waals surface area contributed by atoms with Crippen LogP contribution in [0, 0.1) is 5.92 Å². The largest absolute Gasteiger partial charge is 0.494 e. The molecule has 1 aliphatic rings. The van der Waals surface area contributed by atoms with Crippen molar-refractivity contribution in [2.24, 2.45) is 5.92 Å². The lowest BCUT2D eigenvalue weighted by atomic mass is 9.96. The van der Waals surface area contributed by atoms with Gasteiger partial charge in [-0.25, -0.2) is 0 Å². The number of rotatable bonds is 7. The van der Waals surface area contributed by atoms with E-state index in [4.69, 9.17) is 4.74 Å². The van der Waals surface area contributed by atoms with E-state index in [0.29, 0.717) is 13.2 Å². The van der Waals surface area contributed by atoms with Gasteiger partial charge in [-0.2, -0.15) is 13.2 Å². The number of alkyl halides is 3. The molecule has 140 valence electrons. The summed E-state index contributed by atoms with van der Waals surface area (Å²) >= 11 is 0. The van der Waals surface area contributed by atoms with Crippen LogP contribution < -0.4 is 10.1 Å². The normalized spacial score (nSPS) is 16.6. The smallest absolute Gasteiger partial charge is 0.416 e. The van der Waals surface area contributed by atoms with Crippen LogP contribution in [0.4, 0.5) is 13.2 Å². The molecular formula is C18H25F3N2O2. The number of amides is 1. The summed E-state index contributed by atoms with van der Waals surface area (Å²) in [6.45, 7) is 5.50. The van der Waals surface area contributed by atoms with E-state index in [9.17, 15) is 18.0 Å². The Morgan fingerprint density at radius 3 is 2.68 bits per heavy atom. The zero-order valence-electron chi connectivity index (χ0n) is 14.4. The molecule has 4 nitrogen and oxygen atoms in total. The first-order chi connectivity index (χ1) is 11.9. The summed E-state index contributed by atoms with van der Waals surface area (Å²) in [5, 5.41) is 2.86. The Morgan fingerprint density at radius 1 is 1.32 bits per heavy atom. The Hall–Kier alpha value is -1.76. The van der Waals surface area contributed by atoms with Gasteiger partial charge >= 0.3 is 6.18 Å². The van der Waals surface area contributed by atoms with E-state index in [-0.39, 0.29) is 17.6 Å². The van der Waals surface area contributed by atoms with Crippen molar-refractivity contribution >= 4 is 5.91 Å². The van der Waals surface area contributed by atoms with E-state index in [1.807, 2.05) is 6.92 Å². The summed E-state index contributed by atoms with van der Waals surface area (Å²) < 4.78 is 43.4. The monoisotopic (exact) mass is 358 g/mol. The molecule has 0 aliphatic carbocycles. The fraction of sp³-hybridized carbons (Fsp3) is 0.611. The standard InChI is InChI=1S/C18H25F3N2O2/c1-2-22-17(24)14-7-10-23(11-8-14)9-4-12-25-16-6-3-5-15(13-16)18(19,20)21/h3,5-6,13-14H,2,4,7-12H2,1H3,(H,22,24). The predicted molar refractivity (Wildman–Crippen MR) is 89.4 cm³/mol. The van der Waals surface area contributed by atoms with Gasteiger partial charge in [-0.3, -0.25) is 4.79 Å². The van der Waals surface area contributed by atoms with Crippen LogP contribution >= 0.6 is 0 Å². The van der Waals surface area contributed by atoms with Gasteiger partial charge in [0.05, 0.1) is 12.2 Å². The van der Waals surface area contributed by atoms with Crippen LogP contribution in [0.15, 0.2) is 24.3 Å². The van der Waals surface area contributed by atoms with Crippen molar-refractivity contribution in [1.82, 2.24) is 10.2 Å². The third-order valence-electron chi connectivity index (χ3n) is 4.36. The summed E-state index contributed by atoms with van der Waals surface area (Å²) in [6.07, 6.45) is -1.92. The minimum atomic E-state index is -4.35. The number of likely N-dealkylation sites (tertiary alicyclic amines) is 1. The Kier molecular flexibility index (Phi) is 7.11. The van der Waals surface area contributed by atoms with Gasteiger partial charge in [0.1, 0.15) is 5.75 Å². The molecule has 1 saturated heterocycles. The number of hydrogen-bond donors (Lipinski definition) is 1. The highest BCUT2D eigenvalue weighted by atomic mass is 19.4. The van der Waals surface area contributed by atoms with Gasteiger partial charge in [-0.1, -0.05) is 6.07 Å². The first-order valence-corrected chi connectivity index (χ1v) is 8.70. The van der Waals surface area contributed by atoms with Crippen molar-refractivity contribution in [3.05, 3.63) is 29.8 Å². The minimum Gasteiger partial charge on any atom is -0.494 e. The lowest BCUT2D eigenvalue weighted by Gasteiger charge is -2.31. The van der Waals surface area contributed by atoms with Crippen molar-refractivity contribution in [2.45, 2.75) is 32.4 Å². The van der Waals surface area contributed by atoms with Crippen molar-refractivity contribution in [3.63, 3.8) is 0 Å². The Morgan fingerprint density at radius 2 is 2.04 bits per heavy atom. The maximum atomic E-state index is 12.6. The highest BCUT2D eigenvalue weighted by Crippen LogP contribution is 2.31. The first kappa shape index (κ1) is 19.6. The molecule has 0 atom stereocenters. The number of halogens is 3. The van der Waals surface area contributed by atoms with Gasteiger partial charge in [0, 0.05) is 19.0 Å². The number of carbonyl (C=O) groups is 1. The van der Waals surface area contributed by atoms with Crippen LogP contribution in [0.2, 0.25) is 0 Å². The number of carbonyl (C=O) groups excluding carboxylic acids is 1. The fourth-order valence-corrected chi connectivity index (χ4v) is 2.98. The summed E-state index contributed by atoms with van der Waals surface area (Å²) in [5.74, 6) is 0.470. The number of nitrogens with one attached hydrogen (secondary N) is 1. The molecule has 0 radical (unpaired) electrons. The molecule has 1 amide bonds. The Labute approximate surface area is 146 Å². The molecule has 1 heterocycles. The van der Waals surface area contributed by atoms with Crippen molar-refractivity contribution in [1.29, 1.82) is 0 Å². The highest BCUT2D eigenvalue weighted by molar-refractivity contribution is 5.78. The van der Waals surface area contributed by atoms with Gasteiger partial charge in [0.2, 0.25) is 5.91 Å². The lowest BCUT2D eigenvalue weighted by molar-refractivity contribution is -0.137. The summed E-state index contributed by atoms with van der Waals surface area (Å²) in [6, 6.07) is 4.95. The second kappa shape index (κ2) is 9.08. The molecule has 1 N–H and O–H groups in total. The van der Waals surface area contributed by atoms with Gasteiger partial charge < -0.3 is 15.0 Å². The first-order valence-electron chi connectivity index (χ1n) is 8.70. The van der Waals surface area contributed by atoms with Crippen LogP contribution in [0.3, 0.4) is 0 Å². The number of ether oxygens (including phenoxy) is 1. The molecule has 1 aliphatic heterocycles. The van der Waals surface area contributed by atoms with Crippen molar-refractivity contribution in [2.75, 3.05) is 32.8 Å². The van der Waals surface area contributed by atoms with Gasteiger partial charge in [0.25, 0.3) is 0 Å². The Bertz CT molecular complexity index is 555. The molecular weight excluding hydrogens is 333 g/mol. The summed E-state index contributed by atoms with van der Waals surface area (Å²) in [7, 11) is 0. The number of benzene rings is 1. The number of piperidine rings is 1. The summed E-state index contributed by atoms with van der Waals surface area (Å²) in [5.41, 5.74) is -0.697. The average molecular weight is 358 g/mol. The highest BCUT2D eigenvalue weighted by Gasteiger charge is 2.30. The topological polar surface area (TPSA) is 41.6 Å². The second-order valence-corrected chi connectivity index (χ2v) is 6.24. The maximum Gasteiger partial charge on any atom is 0.416 e. The number of nitrogens with zero attached hydrogens (tertiary/aromatic N) is 1. The molecule has 7 heteroatoms. The molecule has 1 fully saturated rings. The molecule has 2 rings (SSSR count). The third kappa shape index (κ3) is 6.23.